The molecule has 1 N–H and O–H groups in total. The molecule has 0 aromatic rings. The van der Waals surface area contributed by atoms with E-state index in [1.807, 2.05) is 0 Å². The number of hydrogen-bond acceptors (Lipinski definition) is 7. The summed E-state index contributed by atoms with van der Waals surface area (Å²) in [5.41, 5.74) is 0. The van der Waals surface area contributed by atoms with Crippen LogP contribution in [0.5, 0.6) is 0 Å². The van der Waals surface area contributed by atoms with Crippen molar-refractivity contribution in [2.75, 3.05) is 46.4 Å². The van der Waals surface area contributed by atoms with Gasteiger partial charge < -0.3 is 24.4 Å². The van der Waals surface area contributed by atoms with E-state index < -0.39 is 6.10 Å². The van der Waals surface area contributed by atoms with Gasteiger partial charge in [-0.05, 0) is 64.3 Å². The van der Waals surface area contributed by atoms with Crippen LogP contribution in [0.2, 0.25) is 0 Å². The van der Waals surface area contributed by atoms with Crippen LogP contribution in [0, 0.1) is 11.8 Å². The maximum Gasteiger partial charge on any atom is 0.225 e. The second-order valence-electron chi connectivity index (χ2n) is 11.0. The van der Waals surface area contributed by atoms with Crippen molar-refractivity contribution in [1.29, 1.82) is 0 Å². The second-order valence-corrected chi connectivity index (χ2v) is 11.0. The third-order valence-electron chi connectivity index (χ3n) is 8.95. The molecule has 3 aliphatic heterocycles. The number of rotatable bonds is 5. The normalized spacial score (nSPS) is 40.1. The van der Waals surface area contributed by atoms with Gasteiger partial charge in [0.15, 0.2) is 5.78 Å². The summed E-state index contributed by atoms with van der Waals surface area (Å²) in [4.78, 5) is 30.8. The Kier molecular flexibility index (Phi) is 8.21. The molecule has 5 unspecified atom stereocenters. The maximum atomic E-state index is 13.2. The summed E-state index contributed by atoms with van der Waals surface area (Å²) >= 11 is 0. The Morgan fingerprint density at radius 2 is 1.74 bits per heavy atom. The number of methoxy groups -OCH3 is 1. The van der Waals surface area contributed by atoms with Crippen molar-refractivity contribution < 1.29 is 23.8 Å². The van der Waals surface area contributed by atoms with Crippen molar-refractivity contribution >= 4 is 11.7 Å². The molecule has 0 spiro atoms. The number of fused-ring (bicyclic) bond motifs is 1. The molecule has 0 radical (unpaired) electrons. The van der Waals surface area contributed by atoms with Crippen LogP contribution >= 0.6 is 0 Å². The molecule has 5 rings (SSSR count). The van der Waals surface area contributed by atoms with Gasteiger partial charge in [0, 0.05) is 51.5 Å². The van der Waals surface area contributed by atoms with Gasteiger partial charge in [-0.3, -0.25) is 14.5 Å². The van der Waals surface area contributed by atoms with Crippen molar-refractivity contribution in [1.82, 2.24) is 15.1 Å². The van der Waals surface area contributed by atoms with Crippen molar-refractivity contribution in [3.8, 4) is 0 Å². The molecule has 8 heteroatoms. The molecular formula is C26H43N3O5. The van der Waals surface area contributed by atoms with E-state index in [-0.39, 0.29) is 35.9 Å². The summed E-state index contributed by atoms with van der Waals surface area (Å²) in [5, 5.41) is 3.63. The third kappa shape index (κ3) is 5.51. The highest BCUT2D eigenvalue weighted by Gasteiger charge is 2.44. The highest BCUT2D eigenvalue weighted by atomic mass is 16.6. The van der Waals surface area contributed by atoms with Crippen molar-refractivity contribution in [2.24, 2.45) is 11.8 Å². The van der Waals surface area contributed by atoms with Gasteiger partial charge in [-0.1, -0.05) is 0 Å². The van der Waals surface area contributed by atoms with Crippen LogP contribution in [0.25, 0.3) is 0 Å². The van der Waals surface area contributed by atoms with Gasteiger partial charge in [0.25, 0.3) is 0 Å². The first-order valence-corrected chi connectivity index (χ1v) is 13.7. The number of nitrogens with zero attached hydrogens (tertiary/aromatic N) is 2. The van der Waals surface area contributed by atoms with Gasteiger partial charge in [-0.25, -0.2) is 0 Å². The number of ketones is 1. The monoisotopic (exact) mass is 477 g/mol. The molecule has 3 heterocycles. The summed E-state index contributed by atoms with van der Waals surface area (Å²) < 4.78 is 17.8. The molecule has 5 aliphatic rings. The van der Waals surface area contributed by atoms with Crippen LogP contribution in [-0.2, 0) is 23.8 Å². The van der Waals surface area contributed by atoms with Gasteiger partial charge in [-0.15, -0.1) is 0 Å². The minimum Gasteiger partial charge on any atom is -0.381 e. The molecule has 1 amide bonds. The number of hydrogen-bond donors (Lipinski definition) is 1. The Labute approximate surface area is 204 Å². The Bertz CT molecular complexity index is 699. The molecule has 0 bridgehead atoms. The number of nitrogens with one attached hydrogen (secondary N) is 1. The zero-order valence-corrected chi connectivity index (χ0v) is 20.8. The van der Waals surface area contributed by atoms with Gasteiger partial charge in [0.2, 0.25) is 5.91 Å². The van der Waals surface area contributed by atoms with Gasteiger partial charge >= 0.3 is 0 Å². The summed E-state index contributed by atoms with van der Waals surface area (Å²) in [6, 6.07) is 0. The standard InChI is InChI=1S/C26H43N3O5/c1-32-20-9-10-21-22(16-20)33-17-23(25(21)30)34-19-7-5-18(6-8-19)26(31)29-14-12-28(13-15-29)24-4-2-3-11-27-24/h18-24,27H,2-17H2,1H3. The van der Waals surface area contributed by atoms with Crippen molar-refractivity contribution in [3.05, 3.63) is 0 Å². The second kappa shape index (κ2) is 11.3. The Hall–Kier alpha value is -1.06. The third-order valence-corrected chi connectivity index (χ3v) is 8.95. The number of amides is 1. The van der Waals surface area contributed by atoms with Crippen molar-refractivity contribution in [2.45, 2.75) is 94.8 Å². The van der Waals surface area contributed by atoms with E-state index in [1.54, 1.807) is 7.11 Å². The average molecular weight is 478 g/mol. The molecule has 192 valence electrons. The van der Waals surface area contributed by atoms with Crippen LogP contribution in [-0.4, -0.2) is 98.5 Å². The zero-order valence-electron chi connectivity index (χ0n) is 20.8. The smallest absolute Gasteiger partial charge is 0.225 e. The highest BCUT2D eigenvalue weighted by molar-refractivity contribution is 5.87. The van der Waals surface area contributed by atoms with E-state index in [0.29, 0.717) is 18.7 Å². The maximum absolute atomic E-state index is 13.2. The Morgan fingerprint density at radius 3 is 2.44 bits per heavy atom. The molecule has 2 saturated carbocycles. The minimum atomic E-state index is -0.445. The molecule has 3 saturated heterocycles. The lowest BCUT2D eigenvalue weighted by molar-refractivity contribution is -0.178. The van der Waals surface area contributed by atoms with E-state index in [0.717, 1.165) is 77.7 Å². The number of Topliss-reactive ketones (excluding diaryl/α,β-unsaturated/α-hetero) is 1. The van der Waals surface area contributed by atoms with E-state index in [2.05, 4.69) is 15.1 Å². The van der Waals surface area contributed by atoms with E-state index >= 15 is 0 Å². The molecule has 0 aromatic heterocycles. The number of ether oxygens (including phenoxy) is 3. The summed E-state index contributed by atoms with van der Waals surface area (Å²) in [6.07, 6.45) is 10.1. The average Bonchev–Trinajstić information content (AvgIpc) is 2.90. The van der Waals surface area contributed by atoms with E-state index in [4.69, 9.17) is 14.2 Å². The quantitative estimate of drug-likeness (QED) is 0.648. The molecule has 2 aliphatic carbocycles. The van der Waals surface area contributed by atoms with Crippen LogP contribution in [0.3, 0.4) is 0 Å². The summed E-state index contributed by atoms with van der Waals surface area (Å²) in [5.74, 6) is 0.593. The fraction of sp³-hybridized carbons (Fsp3) is 0.923. The topological polar surface area (TPSA) is 80.3 Å². The first-order chi connectivity index (χ1) is 16.6. The Morgan fingerprint density at radius 1 is 0.971 bits per heavy atom. The number of piperazine rings is 1. The fourth-order valence-corrected chi connectivity index (χ4v) is 6.79. The van der Waals surface area contributed by atoms with Crippen LogP contribution in [0.15, 0.2) is 0 Å². The molecular weight excluding hydrogens is 434 g/mol. The van der Waals surface area contributed by atoms with E-state index in [1.165, 1.54) is 19.3 Å². The number of piperidine rings is 1. The molecule has 5 atom stereocenters. The molecule has 8 nitrogen and oxygen atoms in total. The lowest BCUT2D eigenvalue weighted by Gasteiger charge is -2.43. The largest absolute Gasteiger partial charge is 0.381 e. The van der Waals surface area contributed by atoms with Crippen LogP contribution in [0.1, 0.15) is 64.2 Å². The predicted octanol–water partition coefficient (Wildman–Crippen LogP) is 1.96. The highest BCUT2D eigenvalue weighted by Crippen LogP contribution is 2.35. The number of carbonyl (C=O) groups excluding carboxylic acids is 2. The van der Waals surface area contributed by atoms with E-state index in [9.17, 15) is 9.59 Å². The van der Waals surface area contributed by atoms with Gasteiger partial charge in [-0.2, -0.15) is 0 Å². The first kappa shape index (κ1) is 24.6. The fourth-order valence-electron chi connectivity index (χ4n) is 6.79. The lowest BCUT2D eigenvalue weighted by atomic mass is 9.79. The van der Waals surface area contributed by atoms with Gasteiger partial charge in [0.1, 0.15) is 6.10 Å². The molecule has 34 heavy (non-hydrogen) atoms. The summed E-state index contributed by atoms with van der Waals surface area (Å²) in [6.45, 7) is 5.10. The minimum absolute atomic E-state index is 0.0197. The molecule has 5 fully saturated rings. The van der Waals surface area contributed by atoms with Crippen LogP contribution in [0.4, 0.5) is 0 Å². The van der Waals surface area contributed by atoms with Gasteiger partial charge in [0.05, 0.1) is 31.1 Å². The zero-order chi connectivity index (χ0) is 23.5. The number of carbonyl (C=O) groups is 2. The molecule has 0 aromatic carbocycles. The first-order valence-electron chi connectivity index (χ1n) is 13.7. The lowest BCUT2D eigenvalue weighted by Crippen LogP contribution is -2.57. The van der Waals surface area contributed by atoms with Crippen LogP contribution < -0.4 is 5.32 Å². The summed E-state index contributed by atoms with van der Waals surface area (Å²) in [7, 11) is 1.73. The van der Waals surface area contributed by atoms with Crippen molar-refractivity contribution in [3.63, 3.8) is 0 Å². The SMILES string of the molecule is COC1CCC2C(=O)C(OC3CCC(C(=O)N4CCN(C5CCCCN5)CC4)CC3)COC2C1. The predicted molar refractivity (Wildman–Crippen MR) is 127 cm³/mol. The Balaban J connectivity index is 1.04.